The van der Waals surface area contributed by atoms with Gasteiger partial charge in [0, 0.05) is 0 Å². The molecule has 4 heteroatoms. The van der Waals surface area contributed by atoms with Crippen molar-refractivity contribution in [2.75, 3.05) is 0 Å². The van der Waals surface area contributed by atoms with Gasteiger partial charge in [-0.2, -0.15) is 0 Å². The van der Waals surface area contributed by atoms with Gasteiger partial charge >= 0.3 is 5.97 Å². The molecule has 1 fully saturated rings. The molecule has 72 valence electrons. The number of nitrogens with two attached hydrogens (primary N) is 1. The second kappa shape index (κ2) is 4.10. The van der Waals surface area contributed by atoms with Gasteiger partial charge in [-0.25, -0.2) is 0 Å². The van der Waals surface area contributed by atoms with Gasteiger partial charge < -0.3 is 10.8 Å². The van der Waals surface area contributed by atoms with Crippen LogP contribution in [0.25, 0.3) is 0 Å². The summed E-state index contributed by atoms with van der Waals surface area (Å²) in [5, 5.41) is 8.68. The predicted octanol–water partition coefficient (Wildman–Crippen LogP) is 1.40. The first kappa shape index (κ1) is 11.7. The maximum Gasteiger partial charge on any atom is 0.321 e. The van der Waals surface area contributed by atoms with E-state index in [-0.39, 0.29) is 17.8 Å². The van der Waals surface area contributed by atoms with E-state index in [1.54, 1.807) is 0 Å². The van der Waals surface area contributed by atoms with Crippen LogP contribution in [0.3, 0.4) is 0 Å². The molecular formula is C8H16ClNO2. The number of halogens is 1. The maximum absolute atomic E-state index is 10.6. The predicted molar refractivity (Wildman–Crippen MR) is 49.4 cm³/mol. The summed E-state index contributed by atoms with van der Waals surface area (Å²) in [4.78, 5) is 10.6. The number of carboxylic acids is 1. The zero-order chi connectivity index (χ0) is 8.48. The van der Waals surface area contributed by atoms with Gasteiger partial charge in [0.1, 0.15) is 6.04 Å². The van der Waals surface area contributed by atoms with Crippen LogP contribution in [-0.2, 0) is 4.79 Å². The lowest BCUT2D eigenvalue weighted by Crippen LogP contribution is -2.44. The van der Waals surface area contributed by atoms with E-state index in [1.165, 1.54) is 0 Å². The van der Waals surface area contributed by atoms with Crippen molar-refractivity contribution in [2.24, 2.45) is 11.1 Å². The van der Waals surface area contributed by atoms with Crippen LogP contribution in [-0.4, -0.2) is 17.1 Å². The number of carbonyl (C=O) groups is 1. The molecule has 0 saturated heterocycles. The molecule has 1 rings (SSSR count). The summed E-state index contributed by atoms with van der Waals surface area (Å²) in [5.74, 6) is -0.866. The van der Waals surface area contributed by atoms with Gasteiger partial charge in [-0.05, 0) is 18.3 Å². The van der Waals surface area contributed by atoms with E-state index < -0.39 is 12.0 Å². The van der Waals surface area contributed by atoms with Crippen molar-refractivity contribution < 1.29 is 9.90 Å². The van der Waals surface area contributed by atoms with Gasteiger partial charge in [0.15, 0.2) is 0 Å². The smallest absolute Gasteiger partial charge is 0.321 e. The molecule has 0 aromatic carbocycles. The number of carboxylic acid groups (broad SMARTS) is 1. The van der Waals surface area contributed by atoms with E-state index in [0.717, 1.165) is 25.7 Å². The molecule has 3 nitrogen and oxygen atoms in total. The average Bonchev–Trinajstić information content (AvgIpc) is 2.35. The largest absolute Gasteiger partial charge is 0.480 e. The van der Waals surface area contributed by atoms with Crippen molar-refractivity contribution in [1.82, 2.24) is 0 Å². The summed E-state index contributed by atoms with van der Waals surface area (Å²) in [6.07, 6.45) is 4.16. The van der Waals surface area contributed by atoms with Crippen molar-refractivity contribution in [3.8, 4) is 0 Å². The van der Waals surface area contributed by atoms with Crippen LogP contribution >= 0.6 is 12.4 Å². The van der Waals surface area contributed by atoms with Gasteiger partial charge in [0.25, 0.3) is 0 Å². The van der Waals surface area contributed by atoms with E-state index >= 15 is 0 Å². The fourth-order valence-electron chi connectivity index (χ4n) is 1.79. The van der Waals surface area contributed by atoms with Crippen molar-refractivity contribution in [3.63, 3.8) is 0 Å². The van der Waals surface area contributed by atoms with E-state index in [1.807, 2.05) is 6.92 Å². The molecule has 1 aliphatic rings. The molecule has 12 heavy (non-hydrogen) atoms. The van der Waals surface area contributed by atoms with Crippen LogP contribution in [0, 0.1) is 5.41 Å². The molecule has 1 aliphatic carbocycles. The second-order valence-electron chi connectivity index (χ2n) is 3.68. The summed E-state index contributed by atoms with van der Waals surface area (Å²) in [6.45, 7) is 1.97. The minimum Gasteiger partial charge on any atom is -0.480 e. The van der Waals surface area contributed by atoms with Crippen LogP contribution in [0.1, 0.15) is 32.6 Å². The highest BCUT2D eigenvalue weighted by molar-refractivity contribution is 5.85. The highest BCUT2D eigenvalue weighted by Crippen LogP contribution is 2.39. The Morgan fingerprint density at radius 2 is 1.92 bits per heavy atom. The normalized spacial score (nSPS) is 22.8. The molecule has 0 bridgehead atoms. The zero-order valence-electron chi connectivity index (χ0n) is 7.25. The van der Waals surface area contributed by atoms with Crippen LogP contribution < -0.4 is 5.73 Å². The van der Waals surface area contributed by atoms with Crippen molar-refractivity contribution in [2.45, 2.75) is 38.6 Å². The van der Waals surface area contributed by atoms with Crippen LogP contribution in [0.2, 0.25) is 0 Å². The molecule has 0 amide bonds. The van der Waals surface area contributed by atoms with Crippen molar-refractivity contribution in [3.05, 3.63) is 0 Å². The highest BCUT2D eigenvalue weighted by Gasteiger charge is 2.38. The first-order chi connectivity index (χ1) is 5.06. The summed E-state index contributed by atoms with van der Waals surface area (Å²) in [6, 6.07) is -0.676. The minimum absolute atomic E-state index is 0. The van der Waals surface area contributed by atoms with E-state index in [2.05, 4.69) is 0 Å². The van der Waals surface area contributed by atoms with Crippen molar-refractivity contribution >= 4 is 18.4 Å². The lowest BCUT2D eigenvalue weighted by atomic mass is 9.81. The molecule has 0 spiro atoms. The summed E-state index contributed by atoms with van der Waals surface area (Å²) < 4.78 is 0. The van der Waals surface area contributed by atoms with Gasteiger partial charge in [0.05, 0.1) is 0 Å². The third kappa shape index (κ3) is 2.11. The maximum atomic E-state index is 10.6. The second-order valence-corrected chi connectivity index (χ2v) is 3.68. The molecule has 0 aliphatic heterocycles. The van der Waals surface area contributed by atoms with Gasteiger partial charge in [0.2, 0.25) is 0 Å². The Kier molecular flexibility index (Phi) is 4.00. The molecule has 1 atom stereocenters. The van der Waals surface area contributed by atoms with E-state index in [4.69, 9.17) is 10.8 Å². The SMILES string of the molecule is CC1(C(N)C(=O)O)CCCC1.Cl. The topological polar surface area (TPSA) is 63.3 Å². The lowest BCUT2D eigenvalue weighted by molar-refractivity contribution is -0.141. The first-order valence-electron chi connectivity index (χ1n) is 4.05. The number of rotatable bonds is 2. The standard InChI is InChI=1S/C8H15NO2.ClH/c1-8(4-2-3-5-8)6(9)7(10)11;/h6H,2-5,9H2,1H3,(H,10,11);1H. The monoisotopic (exact) mass is 193 g/mol. The molecule has 0 aromatic rings. The Balaban J connectivity index is 0.00000121. The number of hydrogen-bond donors (Lipinski definition) is 2. The minimum atomic E-state index is -0.866. The first-order valence-corrected chi connectivity index (χ1v) is 4.05. The molecule has 3 N–H and O–H groups in total. The number of aliphatic carboxylic acids is 1. The quantitative estimate of drug-likeness (QED) is 0.697. The van der Waals surface area contributed by atoms with E-state index in [0.29, 0.717) is 0 Å². The van der Waals surface area contributed by atoms with Gasteiger partial charge in [-0.3, -0.25) is 4.79 Å². The van der Waals surface area contributed by atoms with Crippen LogP contribution in [0.4, 0.5) is 0 Å². The zero-order valence-corrected chi connectivity index (χ0v) is 8.06. The van der Waals surface area contributed by atoms with Crippen LogP contribution in [0.15, 0.2) is 0 Å². The molecule has 0 radical (unpaired) electrons. The third-order valence-electron chi connectivity index (χ3n) is 2.76. The van der Waals surface area contributed by atoms with E-state index in [9.17, 15) is 4.79 Å². The Hall–Kier alpha value is -0.280. The molecule has 1 unspecified atom stereocenters. The van der Waals surface area contributed by atoms with Gasteiger partial charge in [-0.15, -0.1) is 12.4 Å². The lowest BCUT2D eigenvalue weighted by Gasteiger charge is -2.27. The third-order valence-corrected chi connectivity index (χ3v) is 2.76. The average molecular weight is 194 g/mol. The molecule has 0 heterocycles. The summed E-state index contributed by atoms with van der Waals surface area (Å²) in [5.41, 5.74) is 5.41. The highest BCUT2D eigenvalue weighted by atomic mass is 35.5. The van der Waals surface area contributed by atoms with Crippen molar-refractivity contribution in [1.29, 1.82) is 0 Å². The Morgan fingerprint density at radius 3 is 2.25 bits per heavy atom. The molecule has 0 aromatic heterocycles. The number of hydrogen-bond acceptors (Lipinski definition) is 2. The fraction of sp³-hybridized carbons (Fsp3) is 0.875. The van der Waals surface area contributed by atoms with Gasteiger partial charge in [-0.1, -0.05) is 19.8 Å². The Bertz CT molecular complexity index is 166. The summed E-state index contributed by atoms with van der Waals surface area (Å²) in [7, 11) is 0. The molecule has 1 saturated carbocycles. The summed E-state index contributed by atoms with van der Waals surface area (Å²) >= 11 is 0. The Labute approximate surface area is 78.7 Å². The molecular weight excluding hydrogens is 178 g/mol. The fourth-order valence-corrected chi connectivity index (χ4v) is 1.79. The Morgan fingerprint density at radius 1 is 1.50 bits per heavy atom. The van der Waals surface area contributed by atoms with Crippen LogP contribution in [0.5, 0.6) is 0 Å².